The average molecular weight is 447 g/mol. The maximum atomic E-state index is 12.5. The Bertz CT molecular complexity index is 1270. The molecule has 4 rings (SSSR count). The lowest BCUT2D eigenvalue weighted by molar-refractivity contribution is -0.115. The highest BCUT2D eigenvalue weighted by atomic mass is 16.5. The number of carbonyl (C=O) groups excluding carboxylic acids is 1. The van der Waals surface area contributed by atoms with Crippen molar-refractivity contribution in [3.8, 4) is 23.1 Å². The molecule has 9 heteroatoms. The minimum atomic E-state index is -0.116. The van der Waals surface area contributed by atoms with Crippen LogP contribution in [0.1, 0.15) is 31.0 Å². The van der Waals surface area contributed by atoms with Crippen LogP contribution in [0.5, 0.6) is 23.1 Å². The van der Waals surface area contributed by atoms with Gasteiger partial charge in [-0.25, -0.2) is 9.97 Å². The molecule has 0 unspecified atom stereocenters. The Kier molecular flexibility index (Phi) is 6.39. The molecule has 2 N–H and O–H groups in total. The minimum Gasteiger partial charge on any atom is -0.493 e. The monoisotopic (exact) mass is 447 g/mol. The molecular formula is C24H25N5O4. The highest BCUT2D eigenvalue weighted by Gasteiger charge is 2.14. The zero-order chi connectivity index (χ0) is 23.4. The standard InChI is InChI=1S/C24H25N5O4/c1-14(2)23-19(12-27-29-23)28-22(30)9-15-5-7-16(8-6-15)33-24-17-10-20(31-3)21(32-4)11-18(17)25-13-26-24/h5-8,10-14H,9H2,1-4H3,(H,27,29)(H,28,30). The van der Waals surface area contributed by atoms with Gasteiger partial charge in [0, 0.05) is 12.3 Å². The molecule has 2 aromatic heterocycles. The third kappa shape index (κ3) is 4.87. The fraction of sp³-hybridized carbons (Fsp3) is 0.250. The third-order valence-electron chi connectivity index (χ3n) is 5.10. The van der Waals surface area contributed by atoms with Crippen LogP contribution in [0.3, 0.4) is 0 Å². The normalized spacial score (nSPS) is 10.9. The summed E-state index contributed by atoms with van der Waals surface area (Å²) in [7, 11) is 3.14. The molecule has 0 spiro atoms. The number of rotatable bonds is 8. The van der Waals surface area contributed by atoms with Crippen LogP contribution >= 0.6 is 0 Å². The summed E-state index contributed by atoms with van der Waals surface area (Å²) in [6, 6.07) is 10.9. The zero-order valence-electron chi connectivity index (χ0n) is 18.9. The van der Waals surface area contributed by atoms with Crippen LogP contribution in [-0.4, -0.2) is 40.3 Å². The number of benzene rings is 2. The Hall–Kier alpha value is -4.14. The van der Waals surface area contributed by atoms with Crippen LogP contribution < -0.4 is 19.5 Å². The molecule has 0 aliphatic heterocycles. The van der Waals surface area contributed by atoms with Gasteiger partial charge in [0.05, 0.1) is 42.9 Å². The van der Waals surface area contributed by atoms with Crippen molar-refractivity contribution >= 4 is 22.5 Å². The number of nitrogens with one attached hydrogen (secondary N) is 2. The van der Waals surface area contributed by atoms with E-state index in [9.17, 15) is 4.79 Å². The Morgan fingerprint density at radius 1 is 1.06 bits per heavy atom. The predicted octanol–water partition coefficient (Wildman–Crippen LogP) is 4.47. The quantitative estimate of drug-likeness (QED) is 0.410. The van der Waals surface area contributed by atoms with Gasteiger partial charge in [-0.3, -0.25) is 9.89 Å². The lowest BCUT2D eigenvalue weighted by Gasteiger charge is -2.12. The summed E-state index contributed by atoms with van der Waals surface area (Å²) in [6.07, 6.45) is 3.36. The second-order valence-corrected chi connectivity index (χ2v) is 7.71. The van der Waals surface area contributed by atoms with Gasteiger partial charge < -0.3 is 19.5 Å². The van der Waals surface area contributed by atoms with Crippen LogP contribution in [0.15, 0.2) is 48.9 Å². The molecule has 2 heterocycles. The van der Waals surface area contributed by atoms with Gasteiger partial charge in [-0.15, -0.1) is 0 Å². The van der Waals surface area contributed by atoms with Gasteiger partial charge in [0.1, 0.15) is 12.1 Å². The summed E-state index contributed by atoms with van der Waals surface area (Å²) in [4.78, 5) is 21.0. The predicted molar refractivity (Wildman–Crippen MR) is 124 cm³/mol. The Balaban J connectivity index is 1.47. The Labute approximate surface area is 191 Å². The van der Waals surface area contributed by atoms with E-state index in [1.54, 1.807) is 44.7 Å². The second-order valence-electron chi connectivity index (χ2n) is 7.71. The first-order valence-electron chi connectivity index (χ1n) is 10.5. The van der Waals surface area contributed by atoms with Crippen LogP contribution in [-0.2, 0) is 11.2 Å². The molecule has 9 nitrogen and oxygen atoms in total. The molecule has 0 atom stereocenters. The zero-order valence-corrected chi connectivity index (χ0v) is 18.9. The number of aromatic nitrogens is 4. The van der Waals surface area contributed by atoms with E-state index in [0.717, 1.165) is 11.3 Å². The number of methoxy groups -OCH3 is 2. The number of ether oxygens (including phenoxy) is 3. The van der Waals surface area contributed by atoms with E-state index in [1.807, 2.05) is 26.0 Å². The van der Waals surface area contributed by atoms with E-state index < -0.39 is 0 Å². The van der Waals surface area contributed by atoms with Crippen molar-refractivity contribution in [2.75, 3.05) is 19.5 Å². The molecule has 0 radical (unpaired) electrons. The second kappa shape index (κ2) is 9.56. The summed E-state index contributed by atoms with van der Waals surface area (Å²) in [6.45, 7) is 4.05. The number of hydrogen-bond acceptors (Lipinski definition) is 7. The van der Waals surface area contributed by atoms with Crippen LogP contribution in [0.2, 0.25) is 0 Å². The van der Waals surface area contributed by atoms with E-state index in [2.05, 4.69) is 25.5 Å². The molecule has 0 saturated heterocycles. The number of H-pyrrole nitrogens is 1. The molecule has 0 aliphatic rings. The first-order valence-corrected chi connectivity index (χ1v) is 10.5. The van der Waals surface area contributed by atoms with Crippen molar-refractivity contribution in [1.29, 1.82) is 0 Å². The van der Waals surface area contributed by atoms with Crippen LogP contribution in [0.4, 0.5) is 5.69 Å². The van der Waals surface area contributed by atoms with Gasteiger partial charge >= 0.3 is 0 Å². The largest absolute Gasteiger partial charge is 0.493 e. The molecule has 0 aliphatic carbocycles. The van der Waals surface area contributed by atoms with Gasteiger partial charge in [-0.2, -0.15) is 5.10 Å². The molecule has 2 aromatic carbocycles. The van der Waals surface area contributed by atoms with Crippen molar-refractivity contribution in [2.24, 2.45) is 0 Å². The number of hydrogen-bond donors (Lipinski definition) is 2. The number of anilines is 1. The van der Waals surface area contributed by atoms with Crippen molar-refractivity contribution in [3.05, 3.63) is 60.2 Å². The van der Waals surface area contributed by atoms with Crippen molar-refractivity contribution in [3.63, 3.8) is 0 Å². The Morgan fingerprint density at radius 3 is 2.48 bits per heavy atom. The smallest absolute Gasteiger partial charge is 0.230 e. The van der Waals surface area contributed by atoms with Crippen LogP contribution in [0.25, 0.3) is 10.9 Å². The maximum absolute atomic E-state index is 12.5. The molecule has 4 aromatic rings. The summed E-state index contributed by atoms with van der Waals surface area (Å²) >= 11 is 0. The third-order valence-corrected chi connectivity index (χ3v) is 5.10. The lowest BCUT2D eigenvalue weighted by atomic mass is 10.1. The van der Waals surface area contributed by atoms with E-state index in [-0.39, 0.29) is 18.2 Å². The fourth-order valence-corrected chi connectivity index (χ4v) is 3.45. The maximum Gasteiger partial charge on any atom is 0.230 e. The van der Waals surface area contributed by atoms with Crippen molar-refractivity contribution in [2.45, 2.75) is 26.2 Å². The first-order chi connectivity index (χ1) is 16.0. The van der Waals surface area contributed by atoms with E-state index in [0.29, 0.717) is 39.7 Å². The van der Waals surface area contributed by atoms with Gasteiger partial charge in [-0.05, 0) is 29.7 Å². The summed E-state index contributed by atoms with van der Waals surface area (Å²) in [5.74, 6) is 2.22. The molecule has 0 fully saturated rings. The highest BCUT2D eigenvalue weighted by Crippen LogP contribution is 2.35. The molecular weight excluding hydrogens is 422 g/mol. The van der Waals surface area contributed by atoms with E-state index >= 15 is 0 Å². The molecule has 33 heavy (non-hydrogen) atoms. The highest BCUT2D eigenvalue weighted by molar-refractivity contribution is 5.92. The number of aromatic amines is 1. The lowest BCUT2D eigenvalue weighted by Crippen LogP contribution is -2.15. The first kappa shape index (κ1) is 22.1. The molecule has 0 saturated carbocycles. The SMILES string of the molecule is COc1cc2ncnc(Oc3ccc(CC(=O)Nc4c[nH]nc4C(C)C)cc3)c2cc1OC. The summed E-state index contributed by atoms with van der Waals surface area (Å²) < 4.78 is 16.7. The minimum absolute atomic E-state index is 0.116. The average Bonchev–Trinajstić information content (AvgIpc) is 3.28. The summed E-state index contributed by atoms with van der Waals surface area (Å²) in [5.41, 5.74) is 3.07. The number of nitrogens with zero attached hydrogens (tertiary/aromatic N) is 3. The Morgan fingerprint density at radius 2 is 1.79 bits per heavy atom. The number of fused-ring (bicyclic) bond motifs is 1. The van der Waals surface area contributed by atoms with Crippen molar-refractivity contribution in [1.82, 2.24) is 20.2 Å². The van der Waals surface area contributed by atoms with Crippen molar-refractivity contribution < 1.29 is 19.0 Å². The van der Waals surface area contributed by atoms with Crippen LogP contribution in [0, 0.1) is 0 Å². The van der Waals surface area contributed by atoms with E-state index in [4.69, 9.17) is 14.2 Å². The molecule has 1 amide bonds. The van der Waals surface area contributed by atoms with Gasteiger partial charge in [0.25, 0.3) is 0 Å². The fourth-order valence-electron chi connectivity index (χ4n) is 3.45. The van der Waals surface area contributed by atoms with Gasteiger partial charge in [-0.1, -0.05) is 26.0 Å². The number of carbonyl (C=O) groups is 1. The van der Waals surface area contributed by atoms with Gasteiger partial charge in [0.2, 0.25) is 11.8 Å². The summed E-state index contributed by atoms with van der Waals surface area (Å²) in [5, 5.41) is 10.6. The molecule has 0 bridgehead atoms. The molecule has 170 valence electrons. The number of amides is 1. The van der Waals surface area contributed by atoms with Gasteiger partial charge in [0.15, 0.2) is 11.5 Å². The van der Waals surface area contributed by atoms with E-state index in [1.165, 1.54) is 6.33 Å². The topological polar surface area (TPSA) is 111 Å².